The molecule has 108 valence electrons. The van der Waals surface area contributed by atoms with Crippen LogP contribution in [0.5, 0.6) is 0 Å². The summed E-state index contributed by atoms with van der Waals surface area (Å²) in [6, 6.07) is -0.352. The van der Waals surface area contributed by atoms with Gasteiger partial charge in [0.05, 0.1) is 13.0 Å². The Balaban J connectivity index is 2.42. The Kier molecular flexibility index (Phi) is 6.32. The second-order valence-electron chi connectivity index (χ2n) is 4.92. The van der Waals surface area contributed by atoms with Crippen molar-refractivity contribution in [3.05, 3.63) is 0 Å². The van der Waals surface area contributed by atoms with E-state index >= 15 is 0 Å². The number of carbonyl (C=O) groups is 3. The van der Waals surface area contributed by atoms with Crippen molar-refractivity contribution in [3.8, 4) is 0 Å². The molecule has 0 bridgehead atoms. The number of amides is 2. The number of aliphatic carboxylic acids is 1. The minimum atomic E-state index is -0.923. The summed E-state index contributed by atoms with van der Waals surface area (Å²) < 4.78 is 0. The average molecular weight is 270 g/mol. The highest BCUT2D eigenvalue weighted by atomic mass is 16.4. The summed E-state index contributed by atoms with van der Waals surface area (Å²) in [5.74, 6) is -1.19. The second-order valence-corrected chi connectivity index (χ2v) is 4.92. The average Bonchev–Trinajstić information content (AvgIpc) is 2.31. The summed E-state index contributed by atoms with van der Waals surface area (Å²) in [6.45, 7) is 2.59. The highest BCUT2D eigenvalue weighted by Crippen LogP contribution is 2.10. The summed E-state index contributed by atoms with van der Waals surface area (Å²) in [5.41, 5.74) is 0. The van der Waals surface area contributed by atoms with Gasteiger partial charge in [-0.05, 0) is 19.3 Å². The molecule has 0 aromatic heterocycles. The molecule has 1 fully saturated rings. The number of carboxylic acid groups (broad SMARTS) is 1. The van der Waals surface area contributed by atoms with Crippen molar-refractivity contribution in [1.29, 1.82) is 0 Å². The van der Waals surface area contributed by atoms with Gasteiger partial charge in [0.15, 0.2) is 0 Å². The van der Waals surface area contributed by atoms with Crippen LogP contribution in [0.2, 0.25) is 0 Å². The van der Waals surface area contributed by atoms with Gasteiger partial charge in [0, 0.05) is 19.0 Å². The lowest BCUT2D eigenvalue weighted by molar-refractivity contribution is -0.139. The molecule has 1 aliphatic heterocycles. The molecule has 6 heteroatoms. The molecule has 1 saturated heterocycles. The summed E-state index contributed by atoms with van der Waals surface area (Å²) in [5, 5.41) is 11.5. The highest BCUT2D eigenvalue weighted by molar-refractivity contribution is 5.85. The van der Waals surface area contributed by atoms with Gasteiger partial charge in [0.2, 0.25) is 11.8 Å². The first-order valence-corrected chi connectivity index (χ1v) is 6.81. The summed E-state index contributed by atoms with van der Waals surface area (Å²) >= 11 is 0. The lowest BCUT2D eigenvalue weighted by Gasteiger charge is -2.27. The smallest absolute Gasteiger partial charge is 0.305 e. The quantitative estimate of drug-likeness (QED) is 0.715. The number of hydrogen-bond donors (Lipinski definition) is 2. The standard InChI is InChI=1S/C13H22N2O4/c1-2-5-10(8-13(18)19)14-11(16)9-15-7-4-3-6-12(15)17/h10H,2-9H2,1H3,(H,14,16)(H,18,19)/t10-/m1/s1. The van der Waals surface area contributed by atoms with Crippen LogP contribution < -0.4 is 5.32 Å². The van der Waals surface area contributed by atoms with Crippen LogP contribution in [0.25, 0.3) is 0 Å². The van der Waals surface area contributed by atoms with Crippen molar-refractivity contribution < 1.29 is 19.5 Å². The molecule has 1 heterocycles. The topological polar surface area (TPSA) is 86.7 Å². The van der Waals surface area contributed by atoms with Crippen molar-refractivity contribution in [2.24, 2.45) is 0 Å². The predicted octanol–water partition coefficient (Wildman–Crippen LogP) is 0.758. The number of carbonyl (C=O) groups excluding carboxylic acids is 2. The summed E-state index contributed by atoms with van der Waals surface area (Å²) in [6.07, 6.45) is 3.67. The molecule has 0 aliphatic carbocycles. The highest BCUT2D eigenvalue weighted by Gasteiger charge is 2.22. The van der Waals surface area contributed by atoms with Gasteiger partial charge in [-0.15, -0.1) is 0 Å². The first kappa shape index (κ1) is 15.5. The van der Waals surface area contributed by atoms with Crippen LogP contribution in [-0.2, 0) is 14.4 Å². The Bertz CT molecular complexity index is 344. The maximum Gasteiger partial charge on any atom is 0.305 e. The maximum absolute atomic E-state index is 11.8. The van der Waals surface area contributed by atoms with Crippen LogP contribution in [0.1, 0.15) is 45.4 Å². The Morgan fingerprint density at radius 2 is 2.16 bits per heavy atom. The van der Waals surface area contributed by atoms with Crippen molar-refractivity contribution in [2.75, 3.05) is 13.1 Å². The van der Waals surface area contributed by atoms with Gasteiger partial charge in [0.25, 0.3) is 0 Å². The zero-order chi connectivity index (χ0) is 14.3. The number of hydrogen-bond acceptors (Lipinski definition) is 3. The third-order valence-corrected chi connectivity index (χ3v) is 3.18. The Morgan fingerprint density at radius 3 is 2.74 bits per heavy atom. The normalized spacial score (nSPS) is 17.1. The Morgan fingerprint density at radius 1 is 1.42 bits per heavy atom. The van der Waals surface area contributed by atoms with E-state index in [9.17, 15) is 14.4 Å². The van der Waals surface area contributed by atoms with E-state index in [1.807, 2.05) is 6.92 Å². The third kappa shape index (κ3) is 5.72. The molecule has 0 saturated carbocycles. The van der Waals surface area contributed by atoms with Gasteiger partial charge in [0.1, 0.15) is 0 Å². The van der Waals surface area contributed by atoms with Crippen LogP contribution in [0.3, 0.4) is 0 Å². The molecule has 1 rings (SSSR count). The lowest BCUT2D eigenvalue weighted by Crippen LogP contribution is -2.46. The molecule has 1 atom stereocenters. The zero-order valence-electron chi connectivity index (χ0n) is 11.4. The van der Waals surface area contributed by atoms with Crippen molar-refractivity contribution in [3.63, 3.8) is 0 Å². The molecule has 2 amide bonds. The van der Waals surface area contributed by atoms with E-state index < -0.39 is 5.97 Å². The third-order valence-electron chi connectivity index (χ3n) is 3.18. The molecule has 0 aromatic carbocycles. The largest absolute Gasteiger partial charge is 0.481 e. The molecule has 19 heavy (non-hydrogen) atoms. The second kappa shape index (κ2) is 7.76. The summed E-state index contributed by atoms with van der Waals surface area (Å²) in [7, 11) is 0. The van der Waals surface area contributed by atoms with E-state index in [0.717, 1.165) is 19.3 Å². The number of nitrogens with zero attached hydrogens (tertiary/aromatic N) is 1. The van der Waals surface area contributed by atoms with Crippen LogP contribution in [0.15, 0.2) is 0 Å². The summed E-state index contributed by atoms with van der Waals surface area (Å²) in [4.78, 5) is 35.6. The lowest BCUT2D eigenvalue weighted by atomic mass is 10.1. The molecule has 1 aliphatic rings. The van der Waals surface area contributed by atoms with Crippen molar-refractivity contribution in [2.45, 2.75) is 51.5 Å². The fourth-order valence-electron chi connectivity index (χ4n) is 2.26. The first-order chi connectivity index (χ1) is 9.02. The molecule has 0 aromatic rings. The Hall–Kier alpha value is -1.59. The Labute approximate surface area is 113 Å². The van der Waals surface area contributed by atoms with Crippen LogP contribution in [0, 0.1) is 0 Å². The van der Waals surface area contributed by atoms with Gasteiger partial charge in [-0.3, -0.25) is 14.4 Å². The van der Waals surface area contributed by atoms with E-state index in [2.05, 4.69) is 5.32 Å². The van der Waals surface area contributed by atoms with Crippen LogP contribution in [-0.4, -0.2) is 46.9 Å². The predicted molar refractivity (Wildman–Crippen MR) is 69.5 cm³/mol. The molecule has 2 N–H and O–H groups in total. The zero-order valence-corrected chi connectivity index (χ0v) is 11.4. The minimum absolute atomic E-state index is 0.00618. The van der Waals surface area contributed by atoms with Crippen molar-refractivity contribution in [1.82, 2.24) is 10.2 Å². The first-order valence-electron chi connectivity index (χ1n) is 6.81. The molecular formula is C13H22N2O4. The van der Waals surface area contributed by atoms with Gasteiger partial charge in [-0.1, -0.05) is 13.3 Å². The van der Waals surface area contributed by atoms with Gasteiger partial charge >= 0.3 is 5.97 Å². The number of rotatable bonds is 7. The van der Waals surface area contributed by atoms with E-state index in [-0.39, 0.29) is 30.8 Å². The number of likely N-dealkylation sites (tertiary alicyclic amines) is 1. The van der Waals surface area contributed by atoms with E-state index in [1.165, 1.54) is 0 Å². The number of piperidine rings is 1. The molecular weight excluding hydrogens is 248 g/mol. The number of nitrogens with one attached hydrogen (secondary N) is 1. The molecule has 6 nitrogen and oxygen atoms in total. The number of carboxylic acids is 1. The SMILES string of the molecule is CCC[C@H](CC(=O)O)NC(=O)CN1CCCCC1=O. The minimum Gasteiger partial charge on any atom is -0.481 e. The van der Waals surface area contributed by atoms with E-state index in [4.69, 9.17) is 5.11 Å². The van der Waals surface area contributed by atoms with Gasteiger partial charge in [-0.25, -0.2) is 0 Å². The monoisotopic (exact) mass is 270 g/mol. The van der Waals surface area contributed by atoms with Crippen LogP contribution in [0.4, 0.5) is 0 Å². The molecule has 0 spiro atoms. The van der Waals surface area contributed by atoms with Crippen molar-refractivity contribution >= 4 is 17.8 Å². The maximum atomic E-state index is 11.8. The fraction of sp³-hybridized carbons (Fsp3) is 0.769. The van der Waals surface area contributed by atoms with Gasteiger partial charge < -0.3 is 15.3 Å². The van der Waals surface area contributed by atoms with E-state index in [0.29, 0.717) is 19.4 Å². The van der Waals surface area contributed by atoms with E-state index in [1.54, 1.807) is 4.90 Å². The van der Waals surface area contributed by atoms with Gasteiger partial charge in [-0.2, -0.15) is 0 Å². The fourth-order valence-corrected chi connectivity index (χ4v) is 2.26. The molecule has 0 radical (unpaired) electrons. The molecule has 0 unspecified atom stereocenters. The van der Waals surface area contributed by atoms with Crippen LogP contribution >= 0.6 is 0 Å².